The van der Waals surface area contributed by atoms with Crippen LogP contribution in [-0.4, -0.2) is 89.0 Å². The normalized spacial score (nSPS) is 18.9. The van der Waals surface area contributed by atoms with Crippen molar-refractivity contribution in [1.82, 2.24) is 34.5 Å². The van der Waals surface area contributed by atoms with Gasteiger partial charge in [-0.3, -0.25) is 0 Å². The highest BCUT2D eigenvalue weighted by Gasteiger charge is 2.47. The average Bonchev–Trinajstić information content (AvgIpc) is 3.82. The summed E-state index contributed by atoms with van der Waals surface area (Å²) >= 11 is 0.663. The first-order chi connectivity index (χ1) is 18.6. The van der Waals surface area contributed by atoms with Gasteiger partial charge < -0.3 is 14.7 Å². The zero-order valence-electron chi connectivity index (χ0n) is 20.9. The highest BCUT2D eigenvalue weighted by Crippen LogP contribution is 2.38. The second kappa shape index (κ2) is 9.35. The molecular weight excluding hydrogens is 552 g/mol. The molecule has 0 atom stereocenters. The number of benzene rings is 1. The Balaban J connectivity index is 1.37. The number of rotatable bonds is 7. The predicted molar refractivity (Wildman–Crippen MR) is 137 cm³/mol. The van der Waals surface area contributed by atoms with Crippen LogP contribution in [0.25, 0.3) is 16.0 Å². The molecule has 6 rings (SSSR count). The Bertz CT molecular complexity index is 1580. The minimum Gasteiger partial charge on any atom is -0.367 e. The number of carbonyl (C=O) groups is 1. The van der Waals surface area contributed by atoms with Crippen LogP contribution in [0.3, 0.4) is 0 Å². The number of nitrogens with one attached hydrogen (secondary N) is 1. The van der Waals surface area contributed by atoms with Gasteiger partial charge in [-0.05, 0) is 37.8 Å². The van der Waals surface area contributed by atoms with Gasteiger partial charge in [-0.1, -0.05) is 11.3 Å². The Labute approximate surface area is 226 Å². The quantitative estimate of drug-likeness (QED) is 0.452. The highest BCUT2D eigenvalue weighted by molar-refractivity contribution is 7.89. The molecule has 206 valence electrons. The van der Waals surface area contributed by atoms with Crippen LogP contribution in [-0.2, 0) is 10.0 Å². The van der Waals surface area contributed by atoms with Crippen LogP contribution in [0.2, 0.25) is 0 Å². The van der Waals surface area contributed by atoms with Gasteiger partial charge in [-0.15, -0.1) is 10.2 Å². The number of urea groups is 1. The van der Waals surface area contributed by atoms with E-state index in [0.717, 1.165) is 12.8 Å². The van der Waals surface area contributed by atoms with Crippen molar-refractivity contribution >= 4 is 44.0 Å². The van der Waals surface area contributed by atoms with E-state index in [-0.39, 0.29) is 16.1 Å². The number of nitriles is 1. The molecule has 3 aliphatic rings. The summed E-state index contributed by atoms with van der Waals surface area (Å²) < 4.78 is 56.9. The van der Waals surface area contributed by atoms with E-state index in [4.69, 9.17) is 0 Å². The Morgan fingerprint density at radius 1 is 1.23 bits per heavy atom. The number of amides is 2. The number of piperazine rings is 1. The smallest absolute Gasteiger partial charge is 0.320 e. The van der Waals surface area contributed by atoms with Gasteiger partial charge in [0, 0.05) is 50.3 Å². The Kier molecular flexibility index (Phi) is 6.19. The van der Waals surface area contributed by atoms with Crippen molar-refractivity contribution in [2.75, 3.05) is 38.1 Å². The lowest BCUT2D eigenvalue weighted by atomic mass is 10.1. The van der Waals surface area contributed by atoms with Crippen molar-refractivity contribution in [3.63, 3.8) is 0 Å². The summed E-state index contributed by atoms with van der Waals surface area (Å²) in [6, 6.07) is 5.23. The number of carbonyl (C=O) groups excluding carboxylic acids is 1. The van der Waals surface area contributed by atoms with E-state index < -0.39 is 27.0 Å². The van der Waals surface area contributed by atoms with Crippen LogP contribution in [0.4, 0.5) is 19.3 Å². The van der Waals surface area contributed by atoms with Gasteiger partial charge >= 0.3 is 6.03 Å². The number of hydrogen-bond acceptors (Lipinski definition) is 9. The molecule has 1 saturated heterocycles. The standard InChI is InChI=1S/C23H25F2N9O3S2/c1-31(14-2-3-14)22(35)33-8-6-32(7-9-33)17-10-15(39(36,37)30-23(13-26)4-5-23)11-18-16(17)12-27-34(18)21-29-28-20(38-21)19(24)25/h10-12,14,19,30H,2-9H2,1H3. The zero-order chi connectivity index (χ0) is 27.5. The number of nitrogens with zero attached hydrogens (tertiary/aromatic N) is 8. The lowest BCUT2D eigenvalue weighted by Crippen LogP contribution is -2.52. The van der Waals surface area contributed by atoms with Gasteiger partial charge in [0.15, 0.2) is 5.01 Å². The van der Waals surface area contributed by atoms with Gasteiger partial charge in [0.25, 0.3) is 6.43 Å². The van der Waals surface area contributed by atoms with Crippen LogP contribution in [0.5, 0.6) is 0 Å². The van der Waals surface area contributed by atoms with Crippen molar-refractivity contribution in [2.45, 2.75) is 48.6 Å². The fourth-order valence-electron chi connectivity index (χ4n) is 4.71. The summed E-state index contributed by atoms with van der Waals surface area (Å²) in [6.07, 6.45) is 1.60. The zero-order valence-corrected chi connectivity index (χ0v) is 22.6. The number of hydrogen-bond donors (Lipinski definition) is 1. The van der Waals surface area contributed by atoms with Crippen LogP contribution < -0.4 is 9.62 Å². The van der Waals surface area contributed by atoms with Crippen LogP contribution >= 0.6 is 11.3 Å². The summed E-state index contributed by atoms with van der Waals surface area (Å²) in [5.41, 5.74) is -0.208. The molecule has 2 aromatic heterocycles. The van der Waals surface area contributed by atoms with Gasteiger partial charge in [-0.2, -0.15) is 15.1 Å². The average molecular weight is 578 g/mol. The molecule has 0 unspecified atom stereocenters. The topological polar surface area (TPSA) is 140 Å². The van der Waals surface area contributed by atoms with E-state index >= 15 is 0 Å². The van der Waals surface area contributed by atoms with Gasteiger partial charge in [-0.25, -0.2) is 26.7 Å². The molecule has 16 heteroatoms. The minimum absolute atomic E-state index is 0.0204. The molecular formula is C23H25F2N9O3S2. The Hall–Kier alpha value is -3.42. The van der Waals surface area contributed by atoms with Crippen molar-refractivity contribution in [2.24, 2.45) is 0 Å². The van der Waals surface area contributed by atoms with E-state index in [2.05, 4.69) is 20.0 Å². The number of fused-ring (bicyclic) bond motifs is 1. The summed E-state index contributed by atoms with van der Waals surface area (Å²) in [7, 11) is -2.30. The fraction of sp³-hybridized carbons (Fsp3) is 0.522. The molecule has 12 nitrogen and oxygen atoms in total. The lowest BCUT2D eigenvalue weighted by molar-refractivity contribution is 0.150. The number of aromatic nitrogens is 4. The first-order valence-electron chi connectivity index (χ1n) is 12.5. The SMILES string of the molecule is CN(C(=O)N1CCN(c2cc(S(=O)(=O)NC3(C#N)CC3)cc3c2cnn3-c2nnc(C(F)F)s2)CC1)C1CC1. The van der Waals surface area contributed by atoms with Crippen LogP contribution in [0.1, 0.15) is 37.1 Å². The van der Waals surface area contributed by atoms with E-state index in [1.807, 2.05) is 18.0 Å². The number of anilines is 1. The Morgan fingerprint density at radius 2 is 1.95 bits per heavy atom. The van der Waals surface area contributed by atoms with Crippen molar-refractivity contribution in [3.05, 3.63) is 23.3 Å². The molecule has 1 N–H and O–H groups in total. The number of sulfonamides is 1. The van der Waals surface area contributed by atoms with E-state index in [0.29, 0.717) is 73.0 Å². The molecule has 0 spiro atoms. The third kappa shape index (κ3) is 4.79. The number of alkyl halides is 2. The molecule has 2 saturated carbocycles. The van der Waals surface area contributed by atoms with E-state index in [1.54, 1.807) is 9.80 Å². The second-order valence-corrected chi connectivity index (χ2v) is 12.7. The van der Waals surface area contributed by atoms with Gasteiger partial charge in [0.2, 0.25) is 15.2 Å². The van der Waals surface area contributed by atoms with Gasteiger partial charge in [0.05, 0.1) is 22.7 Å². The summed E-state index contributed by atoms with van der Waals surface area (Å²) in [6.45, 7) is 1.81. The highest BCUT2D eigenvalue weighted by atomic mass is 32.2. The summed E-state index contributed by atoms with van der Waals surface area (Å²) in [5, 5.41) is 21.3. The van der Waals surface area contributed by atoms with Crippen LogP contribution in [0.15, 0.2) is 23.2 Å². The molecule has 0 radical (unpaired) electrons. The second-order valence-electron chi connectivity index (χ2n) is 10.1. The molecule has 3 fully saturated rings. The molecule has 0 bridgehead atoms. The molecule has 2 amide bonds. The molecule has 3 heterocycles. The van der Waals surface area contributed by atoms with Crippen molar-refractivity contribution in [1.29, 1.82) is 5.26 Å². The molecule has 2 aliphatic carbocycles. The number of halogens is 2. The summed E-state index contributed by atoms with van der Waals surface area (Å²) in [4.78, 5) is 18.3. The first-order valence-corrected chi connectivity index (χ1v) is 14.8. The molecule has 1 aliphatic heterocycles. The maximum absolute atomic E-state index is 13.4. The predicted octanol–water partition coefficient (Wildman–Crippen LogP) is 2.49. The van der Waals surface area contributed by atoms with Crippen molar-refractivity contribution in [3.8, 4) is 11.2 Å². The maximum Gasteiger partial charge on any atom is 0.320 e. The third-order valence-corrected chi connectivity index (χ3v) is 9.75. The Morgan fingerprint density at radius 3 is 2.54 bits per heavy atom. The third-order valence-electron chi connectivity index (χ3n) is 7.33. The van der Waals surface area contributed by atoms with E-state index in [9.17, 15) is 27.3 Å². The molecule has 3 aromatic rings. The fourth-order valence-corrected chi connectivity index (χ4v) is 6.80. The van der Waals surface area contributed by atoms with E-state index in [1.165, 1.54) is 23.0 Å². The lowest BCUT2D eigenvalue weighted by Gasteiger charge is -2.38. The molecule has 1 aromatic carbocycles. The van der Waals surface area contributed by atoms with Crippen LogP contribution in [0, 0.1) is 11.3 Å². The van der Waals surface area contributed by atoms with Crippen molar-refractivity contribution < 1.29 is 22.0 Å². The maximum atomic E-state index is 13.4. The largest absolute Gasteiger partial charge is 0.367 e. The summed E-state index contributed by atoms with van der Waals surface area (Å²) in [5.74, 6) is 0. The van der Waals surface area contributed by atoms with Gasteiger partial charge in [0.1, 0.15) is 5.54 Å². The monoisotopic (exact) mass is 577 g/mol. The molecule has 39 heavy (non-hydrogen) atoms. The first kappa shape index (κ1) is 25.8. The minimum atomic E-state index is -4.11.